The first-order valence-electron chi connectivity index (χ1n) is 6.00. The van der Waals surface area contributed by atoms with Crippen LogP contribution in [0.3, 0.4) is 0 Å². The molecule has 0 radical (unpaired) electrons. The summed E-state index contributed by atoms with van der Waals surface area (Å²) >= 11 is 0. The zero-order valence-electron chi connectivity index (χ0n) is 11.3. The number of benzene rings is 1. The monoisotopic (exact) mass is 296 g/mol. The van der Waals surface area contributed by atoms with Gasteiger partial charge >= 0.3 is 0 Å². The van der Waals surface area contributed by atoms with E-state index < -0.39 is 9.84 Å². The second kappa shape index (κ2) is 5.12. The number of para-hydroxylation sites is 1. The Morgan fingerprint density at radius 3 is 2.75 bits per heavy atom. The number of hydrogen-bond acceptors (Lipinski definition) is 5. The van der Waals surface area contributed by atoms with Gasteiger partial charge in [-0.25, -0.2) is 13.4 Å². The van der Waals surface area contributed by atoms with Crippen LogP contribution in [-0.2, 0) is 21.2 Å². The molecule has 0 atom stereocenters. The number of imidazole rings is 1. The summed E-state index contributed by atoms with van der Waals surface area (Å²) in [5.74, 6) is 0.0891. The maximum Gasteiger partial charge on any atom is 0.216 e. The SMILES string of the molecule is CC(=O)NCCn1c(N)nc2c(S(C)(=O)=O)cccc21. The molecule has 0 saturated carbocycles. The molecule has 1 heterocycles. The number of anilines is 1. The number of hydrogen-bond donors (Lipinski definition) is 2. The minimum atomic E-state index is -3.37. The fraction of sp³-hybridized carbons (Fsp3) is 0.333. The highest BCUT2D eigenvalue weighted by atomic mass is 32.2. The summed E-state index contributed by atoms with van der Waals surface area (Å²) in [5, 5.41) is 2.66. The van der Waals surface area contributed by atoms with Crippen molar-refractivity contribution in [3.63, 3.8) is 0 Å². The van der Waals surface area contributed by atoms with Crippen LogP contribution >= 0.6 is 0 Å². The average Bonchev–Trinajstić information content (AvgIpc) is 2.64. The molecule has 8 heteroatoms. The number of carbonyl (C=O) groups is 1. The molecule has 2 rings (SSSR count). The third kappa shape index (κ3) is 2.74. The molecule has 2 aromatic rings. The largest absolute Gasteiger partial charge is 0.369 e. The Labute approximate surface area is 116 Å². The molecule has 7 nitrogen and oxygen atoms in total. The molecule has 3 N–H and O–H groups in total. The van der Waals surface area contributed by atoms with E-state index in [4.69, 9.17) is 5.73 Å². The first-order valence-corrected chi connectivity index (χ1v) is 7.89. The average molecular weight is 296 g/mol. The van der Waals surface area contributed by atoms with E-state index in [-0.39, 0.29) is 16.8 Å². The highest BCUT2D eigenvalue weighted by Gasteiger charge is 2.17. The van der Waals surface area contributed by atoms with Crippen LogP contribution in [0.15, 0.2) is 23.1 Å². The zero-order chi connectivity index (χ0) is 14.9. The predicted molar refractivity (Wildman–Crippen MR) is 75.9 cm³/mol. The van der Waals surface area contributed by atoms with Crippen molar-refractivity contribution in [2.24, 2.45) is 0 Å². The molecule has 1 aromatic heterocycles. The molecule has 0 bridgehead atoms. The summed E-state index contributed by atoms with van der Waals surface area (Å²) in [6, 6.07) is 4.90. The van der Waals surface area contributed by atoms with Crippen molar-refractivity contribution in [3.05, 3.63) is 18.2 Å². The van der Waals surface area contributed by atoms with Crippen LogP contribution in [0.5, 0.6) is 0 Å². The van der Waals surface area contributed by atoms with Gasteiger partial charge in [-0.05, 0) is 12.1 Å². The van der Waals surface area contributed by atoms with E-state index in [0.29, 0.717) is 24.1 Å². The first kappa shape index (κ1) is 14.3. The minimum absolute atomic E-state index is 0.134. The molecule has 0 fully saturated rings. The van der Waals surface area contributed by atoms with Gasteiger partial charge in [-0.15, -0.1) is 0 Å². The van der Waals surface area contributed by atoms with Gasteiger partial charge < -0.3 is 15.6 Å². The third-order valence-electron chi connectivity index (χ3n) is 2.88. The first-order chi connectivity index (χ1) is 9.30. The molecular weight excluding hydrogens is 280 g/mol. The van der Waals surface area contributed by atoms with Crippen molar-refractivity contribution in [2.45, 2.75) is 18.4 Å². The molecule has 108 valence electrons. The fourth-order valence-corrected chi connectivity index (χ4v) is 2.84. The minimum Gasteiger partial charge on any atom is -0.369 e. The number of nitrogens with one attached hydrogen (secondary N) is 1. The number of carbonyl (C=O) groups excluding carboxylic acids is 1. The molecular formula is C12H16N4O3S. The lowest BCUT2D eigenvalue weighted by Crippen LogP contribution is -2.24. The Morgan fingerprint density at radius 1 is 1.45 bits per heavy atom. The van der Waals surface area contributed by atoms with Crippen LogP contribution in [0.25, 0.3) is 11.0 Å². The Hall–Kier alpha value is -2.09. The van der Waals surface area contributed by atoms with Gasteiger partial charge in [0.1, 0.15) is 5.52 Å². The van der Waals surface area contributed by atoms with Crippen molar-refractivity contribution in [1.82, 2.24) is 14.9 Å². The summed E-state index contributed by atoms with van der Waals surface area (Å²) in [4.78, 5) is 15.1. The second-order valence-electron chi connectivity index (χ2n) is 4.50. The quantitative estimate of drug-likeness (QED) is 0.835. The molecule has 1 amide bonds. The van der Waals surface area contributed by atoms with Crippen LogP contribution in [0, 0.1) is 0 Å². The third-order valence-corrected chi connectivity index (χ3v) is 4.01. The number of sulfone groups is 1. The Bertz CT molecular complexity index is 764. The molecule has 0 aliphatic rings. The van der Waals surface area contributed by atoms with Gasteiger partial charge in [0, 0.05) is 26.3 Å². The van der Waals surface area contributed by atoms with E-state index in [1.54, 1.807) is 16.7 Å². The fourth-order valence-electron chi connectivity index (χ4n) is 2.02. The summed E-state index contributed by atoms with van der Waals surface area (Å²) in [5.41, 5.74) is 6.82. The maximum absolute atomic E-state index is 11.7. The van der Waals surface area contributed by atoms with E-state index in [2.05, 4.69) is 10.3 Å². The van der Waals surface area contributed by atoms with E-state index in [1.807, 2.05) is 0 Å². The number of nitrogens with two attached hydrogens (primary N) is 1. The number of amides is 1. The van der Waals surface area contributed by atoms with E-state index >= 15 is 0 Å². The predicted octanol–water partition coefficient (Wildman–Crippen LogP) is 0.158. The van der Waals surface area contributed by atoms with E-state index in [0.717, 1.165) is 6.26 Å². The van der Waals surface area contributed by atoms with E-state index in [1.165, 1.54) is 13.0 Å². The number of nitrogen functional groups attached to an aromatic ring is 1. The Kier molecular flexibility index (Phi) is 3.67. The molecule has 0 spiro atoms. The van der Waals surface area contributed by atoms with Gasteiger partial charge in [0.2, 0.25) is 11.9 Å². The van der Waals surface area contributed by atoms with Crippen molar-refractivity contribution < 1.29 is 13.2 Å². The lowest BCUT2D eigenvalue weighted by atomic mass is 10.3. The van der Waals surface area contributed by atoms with Crippen LogP contribution in [0.4, 0.5) is 5.95 Å². The van der Waals surface area contributed by atoms with Crippen molar-refractivity contribution in [3.8, 4) is 0 Å². The highest BCUT2D eigenvalue weighted by molar-refractivity contribution is 7.91. The van der Waals surface area contributed by atoms with Crippen molar-refractivity contribution in [1.29, 1.82) is 0 Å². The standard InChI is InChI=1S/C12H16N4O3S/c1-8(17)14-6-7-16-9-4-3-5-10(20(2,18)19)11(9)15-12(16)13/h3-5H,6-7H2,1-2H3,(H2,13,15)(H,14,17). The van der Waals surface area contributed by atoms with Crippen LogP contribution in [0.2, 0.25) is 0 Å². The normalized spacial score (nSPS) is 11.7. The molecule has 0 aliphatic heterocycles. The van der Waals surface area contributed by atoms with Gasteiger partial charge in [-0.2, -0.15) is 0 Å². The number of aromatic nitrogens is 2. The zero-order valence-corrected chi connectivity index (χ0v) is 12.1. The van der Waals surface area contributed by atoms with Crippen LogP contribution in [-0.4, -0.2) is 36.7 Å². The lowest BCUT2D eigenvalue weighted by Gasteiger charge is -2.07. The molecule has 0 aliphatic carbocycles. The summed E-state index contributed by atoms with van der Waals surface area (Å²) in [6.07, 6.45) is 1.13. The molecule has 0 saturated heterocycles. The highest BCUT2D eigenvalue weighted by Crippen LogP contribution is 2.24. The van der Waals surface area contributed by atoms with Crippen molar-refractivity contribution >= 4 is 32.7 Å². The van der Waals surface area contributed by atoms with E-state index in [9.17, 15) is 13.2 Å². The molecule has 0 unspecified atom stereocenters. The van der Waals surface area contributed by atoms with Crippen LogP contribution < -0.4 is 11.1 Å². The number of rotatable bonds is 4. The lowest BCUT2D eigenvalue weighted by molar-refractivity contribution is -0.118. The van der Waals surface area contributed by atoms with Gasteiger partial charge in [-0.1, -0.05) is 6.07 Å². The Balaban J connectivity index is 2.47. The summed E-state index contributed by atoms with van der Waals surface area (Å²) < 4.78 is 25.1. The number of fused-ring (bicyclic) bond motifs is 1. The summed E-state index contributed by atoms with van der Waals surface area (Å²) in [6.45, 7) is 2.25. The smallest absolute Gasteiger partial charge is 0.216 e. The van der Waals surface area contributed by atoms with Gasteiger partial charge in [-0.3, -0.25) is 4.79 Å². The van der Waals surface area contributed by atoms with Crippen molar-refractivity contribution in [2.75, 3.05) is 18.5 Å². The number of nitrogens with zero attached hydrogens (tertiary/aromatic N) is 2. The second-order valence-corrected chi connectivity index (χ2v) is 6.48. The summed E-state index contributed by atoms with van der Waals surface area (Å²) in [7, 11) is -3.37. The molecule has 20 heavy (non-hydrogen) atoms. The van der Waals surface area contributed by atoms with Crippen LogP contribution in [0.1, 0.15) is 6.92 Å². The topological polar surface area (TPSA) is 107 Å². The van der Waals surface area contributed by atoms with Gasteiger partial charge in [0.15, 0.2) is 9.84 Å². The van der Waals surface area contributed by atoms with Gasteiger partial charge in [0.05, 0.1) is 10.4 Å². The molecule has 1 aromatic carbocycles. The maximum atomic E-state index is 11.7. The van der Waals surface area contributed by atoms with Gasteiger partial charge in [0.25, 0.3) is 0 Å². The Morgan fingerprint density at radius 2 is 2.15 bits per heavy atom.